The molecule has 0 saturated heterocycles. The van der Waals surface area contributed by atoms with E-state index in [0.717, 1.165) is 29.3 Å². The second kappa shape index (κ2) is 6.03. The highest BCUT2D eigenvalue weighted by atomic mass is 32.2. The van der Waals surface area contributed by atoms with E-state index in [2.05, 4.69) is 43.2 Å². The fourth-order valence-corrected chi connectivity index (χ4v) is 5.01. The molecule has 0 spiro atoms. The highest BCUT2D eigenvalue weighted by Gasteiger charge is 2.34. The van der Waals surface area contributed by atoms with Crippen LogP contribution in [-0.2, 0) is 17.8 Å². The zero-order valence-electron chi connectivity index (χ0n) is 13.6. The number of amidine groups is 1. The van der Waals surface area contributed by atoms with Gasteiger partial charge >= 0.3 is 0 Å². The molecule has 0 radical (unpaired) electrons. The van der Waals surface area contributed by atoms with Crippen LogP contribution in [-0.4, -0.2) is 48.2 Å². The van der Waals surface area contributed by atoms with E-state index in [9.17, 15) is 0 Å². The zero-order chi connectivity index (χ0) is 15.9. The van der Waals surface area contributed by atoms with Crippen molar-refractivity contribution in [3.8, 4) is 0 Å². The minimum Gasteiger partial charge on any atom is -0.383 e. The number of thiophene rings is 1. The molecular weight excluding hydrogens is 316 g/mol. The molecule has 1 unspecified atom stereocenters. The van der Waals surface area contributed by atoms with Crippen molar-refractivity contribution in [3.05, 3.63) is 16.0 Å². The van der Waals surface area contributed by atoms with Crippen LogP contribution in [0.4, 0.5) is 5.00 Å². The van der Waals surface area contributed by atoms with Crippen molar-refractivity contribution < 1.29 is 4.74 Å². The van der Waals surface area contributed by atoms with Crippen LogP contribution in [0, 0.1) is 0 Å². The molecule has 7 heteroatoms. The number of thioether (sulfide) groups is 1. The molecule has 1 aromatic heterocycles. The molecule has 0 bridgehead atoms. The van der Waals surface area contributed by atoms with Crippen molar-refractivity contribution in [2.45, 2.75) is 38.0 Å². The van der Waals surface area contributed by atoms with Crippen LogP contribution in [0.25, 0.3) is 0 Å². The standard InChI is InChI=1S/C15H24N4OS2/c1-15(2)7-9-10(8-20-15)22-13-11(9)12(16)17-14(18-13)21-6-5-19(3)4/h14,18H,5-8H2,1-4H3,(H2,16,17). The number of fused-ring (bicyclic) bond motifs is 3. The van der Waals surface area contributed by atoms with Crippen molar-refractivity contribution in [2.75, 3.05) is 31.7 Å². The van der Waals surface area contributed by atoms with Gasteiger partial charge in [-0.25, -0.2) is 4.99 Å². The lowest BCUT2D eigenvalue weighted by molar-refractivity contribution is -0.0383. The topological polar surface area (TPSA) is 62.9 Å². The van der Waals surface area contributed by atoms with Crippen molar-refractivity contribution >= 4 is 33.9 Å². The van der Waals surface area contributed by atoms with Crippen molar-refractivity contribution in [1.82, 2.24) is 4.90 Å². The van der Waals surface area contributed by atoms with Gasteiger partial charge < -0.3 is 20.7 Å². The first-order chi connectivity index (χ1) is 10.4. The van der Waals surface area contributed by atoms with Crippen molar-refractivity contribution in [2.24, 2.45) is 10.7 Å². The van der Waals surface area contributed by atoms with Gasteiger partial charge in [0.05, 0.1) is 17.8 Å². The summed E-state index contributed by atoms with van der Waals surface area (Å²) in [6, 6.07) is 0. The van der Waals surface area contributed by atoms with Gasteiger partial charge in [0.25, 0.3) is 0 Å². The van der Waals surface area contributed by atoms with Crippen LogP contribution < -0.4 is 11.1 Å². The smallest absolute Gasteiger partial charge is 0.169 e. The number of hydrogen-bond donors (Lipinski definition) is 2. The van der Waals surface area contributed by atoms with E-state index in [4.69, 9.17) is 10.5 Å². The quantitative estimate of drug-likeness (QED) is 0.881. The highest BCUT2D eigenvalue weighted by molar-refractivity contribution is 8.00. The first kappa shape index (κ1) is 16.1. The fraction of sp³-hybridized carbons (Fsp3) is 0.667. The van der Waals surface area contributed by atoms with E-state index in [1.54, 1.807) is 23.1 Å². The van der Waals surface area contributed by atoms with E-state index >= 15 is 0 Å². The van der Waals surface area contributed by atoms with E-state index in [1.807, 2.05) is 0 Å². The highest BCUT2D eigenvalue weighted by Crippen LogP contribution is 2.42. The normalized spacial score (nSPS) is 22.8. The van der Waals surface area contributed by atoms with Crippen LogP contribution in [0.1, 0.15) is 29.9 Å². The SMILES string of the molecule is CN(C)CCSC1N=C(N)c2c(sc3c2CC(C)(C)OC3)N1. The lowest BCUT2D eigenvalue weighted by Gasteiger charge is -2.30. The van der Waals surface area contributed by atoms with Crippen LogP contribution in [0.5, 0.6) is 0 Å². The molecule has 5 nitrogen and oxygen atoms in total. The number of anilines is 1. The molecule has 0 saturated carbocycles. The number of aliphatic imine (C=N–C) groups is 1. The predicted octanol–water partition coefficient (Wildman–Crippen LogP) is 2.31. The monoisotopic (exact) mass is 340 g/mol. The maximum Gasteiger partial charge on any atom is 0.169 e. The molecular formula is C15H24N4OS2. The van der Waals surface area contributed by atoms with Crippen LogP contribution in [0.15, 0.2) is 4.99 Å². The Morgan fingerprint density at radius 3 is 3.00 bits per heavy atom. The molecule has 1 atom stereocenters. The van der Waals surface area contributed by atoms with Gasteiger partial charge in [0, 0.05) is 23.6 Å². The summed E-state index contributed by atoms with van der Waals surface area (Å²) in [6.45, 7) is 5.97. The Labute approximate surface area is 140 Å². The fourth-order valence-electron chi connectivity index (χ4n) is 2.69. The number of nitrogens with one attached hydrogen (secondary N) is 1. The largest absolute Gasteiger partial charge is 0.383 e. The summed E-state index contributed by atoms with van der Waals surface area (Å²) in [5, 5.41) is 4.68. The van der Waals surface area contributed by atoms with Gasteiger partial charge in [-0.2, -0.15) is 0 Å². The molecule has 0 amide bonds. The molecule has 0 aliphatic carbocycles. The molecule has 0 fully saturated rings. The average molecular weight is 341 g/mol. The minimum absolute atomic E-state index is 0.0153. The van der Waals surface area contributed by atoms with Crippen LogP contribution in [0.2, 0.25) is 0 Å². The maximum absolute atomic E-state index is 6.28. The third kappa shape index (κ3) is 3.27. The maximum atomic E-state index is 6.28. The number of nitrogens with two attached hydrogens (primary N) is 1. The molecule has 2 aliphatic rings. The lowest BCUT2D eigenvalue weighted by atomic mass is 9.92. The van der Waals surface area contributed by atoms with Crippen LogP contribution >= 0.6 is 23.1 Å². The lowest BCUT2D eigenvalue weighted by Crippen LogP contribution is -2.34. The Morgan fingerprint density at radius 1 is 1.50 bits per heavy atom. The molecule has 122 valence electrons. The van der Waals surface area contributed by atoms with Gasteiger partial charge in [-0.15, -0.1) is 23.1 Å². The van der Waals surface area contributed by atoms with Crippen molar-refractivity contribution in [1.29, 1.82) is 0 Å². The second-order valence-corrected chi connectivity index (χ2v) is 8.91. The Balaban J connectivity index is 1.78. The Kier molecular flexibility index (Phi) is 4.42. The molecule has 3 N–H and O–H groups in total. The van der Waals surface area contributed by atoms with E-state index < -0.39 is 0 Å². The van der Waals surface area contributed by atoms with Crippen molar-refractivity contribution in [3.63, 3.8) is 0 Å². The van der Waals surface area contributed by atoms with Gasteiger partial charge in [-0.3, -0.25) is 0 Å². The Hall–Kier alpha value is -0.760. The van der Waals surface area contributed by atoms with Gasteiger partial charge in [0.2, 0.25) is 0 Å². The van der Waals surface area contributed by atoms with E-state index in [-0.39, 0.29) is 11.1 Å². The van der Waals surface area contributed by atoms with Gasteiger partial charge in [-0.1, -0.05) is 0 Å². The Morgan fingerprint density at radius 2 is 2.27 bits per heavy atom. The summed E-state index contributed by atoms with van der Waals surface area (Å²) < 4.78 is 5.91. The van der Waals surface area contributed by atoms with Gasteiger partial charge in [0.15, 0.2) is 5.50 Å². The summed E-state index contributed by atoms with van der Waals surface area (Å²) in [5.74, 6) is 1.70. The van der Waals surface area contributed by atoms with Gasteiger partial charge in [0.1, 0.15) is 10.8 Å². The van der Waals surface area contributed by atoms with Gasteiger partial charge in [-0.05, 0) is 33.5 Å². The zero-order valence-corrected chi connectivity index (χ0v) is 15.2. The Bertz CT molecular complexity index is 595. The predicted molar refractivity (Wildman–Crippen MR) is 96.0 cm³/mol. The number of nitrogens with zero attached hydrogens (tertiary/aromatic N) is 2. The van der Waals surface area contributed by atoms with E-state index in [1.165, 1.54) is 10.4 Å². The summed E-state index contributed by atoms with van der Waals surface area (Å²) in [7, 11) is 4.17. The van der Waals surface area contributed by atoms with Crippen LogP contribution in [0.3, 0.4) is 0 Å². The third-order valence-corrected chi connectivity index (χ3v) is 5.96. The number of ether oxygens (including phenoxy) is 1. The molecule has 0 aromatic carbocycles. The molecule has 2 aliphatic heterocycles. The second-order valence-electron chi connectivity index (χ2n) is 6.62. The molecule has 22 heavy (non-hydrogen) atoms. The van der Waals surface area contributed by atoms with E-state index in [0.29, 0.717) is 12.4 Å². The summed E-state index contributed by atoms with van der Waals surface area (Å²) in [4.78, 5) is 8.11. The number of hydrogen-bond acceptors (Lipinski definition) is 7. The number of rotatable bonds is 4. The first-order valence-corrected chi connectivity index (χ1v) is 9.37. The summed E-state index contributed by atoms with van der Waals surface area (Å²) in [6.07, 6.45) is 0.893. The minimum atomic E-state index is -0.126. The average Bonchev–Trinajstić information content (AvgIpc) is 2.75. The summed E-state index contributed by atoms with van der Waals surface area (Å²) in [5.41, 5.74) is 8.60. The summed E-state index contributed by atoms with van der Waals surface area (Å²) >= 11 is 3.56. The molecule has 3 rings (SSSR count). The molecule has 3 heterocycles. The first-order valence-electron chi connectivity index (χ1n) is 7.51. The molecule has 1 aromatic rings. The third-order valence-electron chi connectivity index (χ3n) is 3.87.